The Kier molecular flexibility index (Phi) is 9.62. The number of allylic oxidation sites excluding steroid dienone is 4. The van der Waals surface area contributed by atoms with Gasteiger partial charge in [0, 0.05) is 53.3 Å². The van der Waals surface area contributed by atoms with Gasteiger partial charge >= 0.3 is 0 Å². The fourth-order valence-electron chi connectivity index (χ4n) is 6.15. The zero-order chi connectivity index (χ0) is 32.4. The van der Waals surface area contributed by atoms with Gasteiger partial charge in [-0.2, -0.15) is 0 Å². The molecule has 6 rings (SSSR count). The summed E-state index contributed by atoms with van der Waals surface area (Å²) in [6.07, 6.45) is 10.4. The molecule has 2 aromatic heterocycles. The molecule has 4 atom stereocenters. The molecule has 2 fully saturated rings. The summed E-state index contributed by atoms with van der Waals surface area (Å²) in [5.41, 5.74) is 3.47. The highest BCUT2D eigenvalue weighted by Crippen LogP contribution is 2.32. The minimum Gasteiger partial charge on any atom is -0.481 e. The summed E-state index contributed by atoms with van der Waals surface area (Å²) in [6, 6.07) is 1.73. The first-order chi connectivity index (χ1) is 22.1. The molecule has 2 saturated heterocycles. The van der Waals surface area contributed by atoms with Gasteiger partial charge in [-0.25, -0.2) is 18.4 Å². The summed E-state index contributed by atoms with van der Waals surface area (Å²) in [5, 5.41) is 11.5. The molecule has 0 aromatic carbocycles. The second kappa shape index (κ2) is 13.7. The molecule has 3 aliphatic heterocycles. The summed E-state index contributed by atoms with van der Waals surface area (Å²) in [7, 11) is -2.12. The Hall–Kier alpha value is -3.56. The fourth-order valence-corrected chi connectivity index (χ4v) is 7.73. The van der Waals surface area contributed by atoms with Crippen molar-refractivity contribution in [3.05, 3.63) is 69.3 Å². The number of rotatable bonds is 10. The van der Waals surface area contributed by atoms with E-state index in [1.54, 1.807) is 17.6 Å². The number of sulfone groups is 1. The van der Waals surface area contributed by atoms with Crippen LogP contribution in [0.15, 0.2) is 52.6 Å². The van der Waals surface area contributed by atoms with Gasteiger partial charge in [0.1, 0.15) is 22.3 Å². The van der Waals surface area contributed by atoms with Gasteiger partial charge in [0.15, 0.2) is 16.1 Å². The van der Waals surface area contributed by atoms with Crippen LogP contribution < -0.4 is 10.1 Å². The lowest BCUT2D eigenvalue weighted by molar-refractivity contribution is -0.616. The maximum Gasteiger partial charge on any atom is 0.287 e. The van der Waals surface area contributed by atoms with E-state index in [9.17, 15) is 13.2 Å². The fraction of sp³-hybridized carbons (Fsp3) is 0.469. The van der Waals surface area contributed by atoms with Gasteiger partial charge < -0.3 is 19.5 Å². The van der Waals surface area contributed by atoms with Crippen molar-refractivity contribution in [3.8, 4) is 5.88 Å². The van der Waals surface area contributed by atoms with Gasteiger partial charge in [-0.3, -0.25) is 9.69 Å². The Balaban J connectivity index is 1.28. The van der Waals surface area contributed by atoms with Crippen LogP contribution in [0.1, 0.15) is 59.7 Å². The third-order valence-corrected chi connectivity index (χ3v) is 10.3. The molecule has 14 heteroatoms. The van der Waals surface area contributed by atoms with E-state index in [-0.39, 0.29) is 41.9 Å². The molecule has 4 aliphatic rings. The van der Waals surface area contributed by atoms with Crippen molar-refractivity contribution in [1.82, 2.24) is 20.2 Å². The lowest BCUT2D eigenvalue weighted by atomic mass is 9.89. The van der Waals surface area contributed by atoms with E-state index in [0.29, 0.717) is 41.2 Å². The molecule has 2 unspecified atom stereocenters. The van der Waals surface area contributed by atoms with Gasteiger partial charge in [0.25, 0.3) is 12.1 Å². The van der Waals surface area contributed by atoms with Crippen LogP contribution in [-0.2, 0) is 31.6 Å². The van der Waals surface area contributed by atoms with Crippen molar-refractivity contribution in [3.63, 3.8) is 0 Å². The van der Waals surface area contributed by atoms with E-state index in [0.717, 1.165) is 48.5 Å². The van der Waals surface area contributed by atoms with Gasteiger partial charge in [0.05, 0.1) is 38.2 Å². The predicted molar refractivity (Wildman–Crippen MR) is 175 cm³/mol. The number of pyridine rings is 1. The molecule has 0 radical (unpaired) electrons. The average molecular weight is 668 g/mol. The van der Waals surface area contributed by atoms with Crippen molar-refractivity contribution in [1.29, 1.82) is 0 Å². The Morgan fingerprint density at radius 2 is 2.07 bits per heavy atom. The molecule has 1 amide bonds. The van der Waals surface area contributed by atoms with E-state index in [2.05, 4.69) is 40.6 Å². The second-order valence-electron chi connectivity index (χ2n) is 12.0. The number of hydrogen-bond donors (Lipinski definition) is 1. The van der Waals surface area contributed by atoms with Crippen LogP contribution >= 0.6 is 11.3 Å². The molecule has 0 spiro atoms. The predicted octanol–water partition coefficient (Wildman–Crippen LogP) is 3.52. The monoisotopic (exact) mass is 667 g/mol. The molecule has 0 saturated carbocycles. The quantitative estimate of drug-likeness (QED) is 0.378. The Labute approximate surface area is 273 Å². The maximum atomic E-state index is 13.6. The molecule has 0 bridgehead atoms. The van der Waals surface area contributed by atoms with Crippen molar-refractivity contribution in [2.24, 2.45) is 11.0 Å². The SMILES string of the molecule is C=CS(=O)(=O)Cc1cc(C2=CC3=N[N+](C4CCCCO4)=CC3C(NC(=O)c3csc(CN4C[C@@H](C)O[C@@H](C)C4)n3)=C2)cnc1OC. The largest absolute Gasteiger partial charge is 0.481 e. The standard InChI is InChI=1S/C32H38N6O6S2/c1-5-46(40,41)19-24-10-23(13-33-32(24)42-4)22-11-26(25-16-38(36-27(25)12-22)30-8-6-7-9-43-30)35-31(39)28-18-45-29(34-28)17-37-14-20(2)44-21(3)15-37/h5,10-13,16,18,20-21,25,30H,1,6-9,14-15,17,19H2,2-4H3/p+1/t20-,21+,25?,30?. The van der Waals surface area contributed by atoms with Gasteiger partial charge in [-0.1, -0.05) is 11.3 Å². The number of amides is 1. The minimum atomic E-state index is -3.57. The van der Waals surface area contributed by atoms with Crippen LogP contribution in [0.25, 0.3) is 5.57 Å². The van der Waals surface area contributed by atoms with Crippen molar-refractivity contribution >= 4 is 44.6 Å². The van der Waals surface area contributed by atoms with Gasteiger partial charge in [-0.05, 0) is 55.6 Å². The van der Waals surface area contributed by atoms with Crippen LogP contribution in [0.4, 0.5) is 0 Å². The van der Waals surface area contributed by atoms with Crippen molar-refractivity contribution in [2.45, 2.75) is 63.8 Å². The number of carbonyl (C=O) groups excluding carboxylic acids is 1. The number of morpholine rings is 1. The third kappa shape index (κ3) is 7.36. The Bertz CT molecular complexity index is 1730. The van der Waals surface area contributed by atoms with Crippen LogP contribution in [-0.4, -0.2) is 91.0 Å². The number of hydrazone groups is 1. The number of fused-ring (bicyclic) bond motifs is 1. The minimum absolute atomic E-state index is 0.146. The van der Waals surface area contributed by atoms with Gasteiger partial charge in [0.2, 0.25) is 5.88 Å². The molecule has 46 heavy (non-hydrogen) atoms. The molecule has 12 nitrogen and oxygen atoms in total. The first-order valence-corrected chi connectivity index (χ1v) is 18.0. The Morgan fingerprint density at radius 3 is 2.78 bits per heavy atom. The molecule has 244 valence electrons. The number of hydrogen-bond acceptors (Lipinski definition) is 11. The van der Waals surface area contributed by atoms with Crippen molar-refractivity contribution < 1.29 is 32.1 Å². The lowest BCUT2D eigenvalue weighted by Gasteiger charge is -2.34. The maximum absolute atomic E-state index is 13.6. The first-order valence-electron chi connectivity index (χ1n) is 15.4. The molecular formula is C32H39N6O6S2+. The normalized spacial score (nSPS) is 25.1. The first kappa shape index (κ1) is 32.4. The summed E-state index contributed by atoms with van der Waals surface area (Å²) in [5.74, 6) is -0.711. The topological polar surface area (TPSA) is 135 Å². The van der Waals surface area contributed by atoms with Crippen LogP contribution in [0, 0.1) is 5.92 Å². The molecular weight excluding hydrogens is 629 g/mol. The van der Waals surface area contributed by atoms with Crippen molar-refractivity contribution in [2.75, 3.05) is 26.8 Å². The summed E-state index contributed by atoms with van der Waals surface area (Å²) in [4.78, 5) is 25.0. The molecule has 1 aliphatic carbocycles. The van der Waals surface area contributed by atoms with E-state index in [4.69, 9.17) is 19.3 Å². The van der Waals surface area contributed by atoms with E-state index in [1.165, 1.54) is 18.4 Å². The van der Waals surface area contributed by atoms with E-state index in [1.807, 2.05) is 23.1 Å². The smallest absolute Gasteiger partial charge is 0.287 e. The highest BCUT2D eigenvalue weighted by molar-refractivity contribution is 7.93. The average Bonchev–Trinajstić information content (AvgIpc) is 3.68. The highest BCUT2D eigenvalue weighted by atomic mass is 32.2. The third-order valence-electron chi connectivity index (χ3n) is 8.21. The zero-order valence-electron chi connectivity index (χ0n) is 26.2. The van der Waals surface area contributed by atoms with E-state index >= 15 is 0 Å². The molecule has 1 N–H and O–H groups in total. The number of methoxy groups -OCH3 is 1. The molecule has 2 aromatic rings. The van der Waals surface area contributed by atoms with Crippen LogP contribution in [0.2, 0.25) is 0 Å². The summed E-state index contributed by atoms with van der Waals surface area (Å²) in [6.45, 7) is 10.5. The van der Waals surface area contributed by atoms with Crippen LogP contribution in [0.5, 0.6) is 5.88 Å². The summed E-state index contributed by atoms with van der Waals surface area (Å²) < 4.78 is 43.8. The number of carbonyl (C=O) groups is 1. The lowest BCUT2D eigenvalue weighted by Crippen LogP contribution is -2.44. The van der Waals surface area contributed by atoms with Gasteiger partial charge in [-0.15, -0.1) is 11.3 Å². The number of nitrogens with one attached hydrogen (secondary N) is 1. The zero-order valence-corrected chi connectivity index (χ0v) is 27.8. The van der Waals surface area contributed by atoms with Crippen LogP contribution in [0.3, 0.4) is 0 Å². The number of aromatic nitrogens is 2. The molecule has 5 heterocycles. The number of thiazole rings is 1. The second-order valence-corrected chi connectivity index (χ2v) is 14.8. The Morgan fingerprint density at radius 1 is 1.26 bits per heavy atom. The number of ether oxygens (including phenoxy) is 3. The number of nitrogens with zero attached hydrogens (tertiary/aromatic N) is 5. The van der Waals surface area contributed by atoms with E-state index < -0.39 is 9.84 Å². The highest BCUT2D eigenvalue weighted by Gasteiger charge is 2.38. The summed E-state index contributed by atoms with van der Waals surface area (Å²) >= 11 is 1.47.